The predicted molar refractivity (Wildman–Crippen MR) is 152 cm³/mol. The molecule has 7 nitrogen and oxygen atoms in total. The van der Waals surface area contributed by atoms with Crippen molar-refractivity contribution in [3.8, 4) is 0 Å². The fraction of sp³-hybridized carbons (Fsp3) is 0.310. The molecule has 2 amide bonds. The number of carbonyl (C=O) groups is 2. The highest BCUT2D eigenvalue weighted by Gasteiger charge is 2.34. The number of para-hydroxylation sites is 1. The summed E-state index contributed by atoms with van der Waals surface area (Å²) in [4.78, 5) is 28.6. The number of hydrogen-bond acceptors (Lipinski definition) is 4. The molecule has 0 fully saturated rings. The van der Waals surface area contributed by atoms with E-state index in [0.717, 1.165) is 9.87 Å². The van der Waals surface area contributed by atoms with Crippen LogP contribution in [0.4, 0.5) is 5.69 Å². The molecule has 0 heterocycles. The quantitative estimate of drug-likeness (QED) is 0.344. The average Bonchev–Trinajstić information content (AvgIpc) is 2.90. The van der Waals surface area contributed by atoms with Gasteiger partial charge in [0.1, 0.15) is 12.6 Å². The van der Waals surface area contributed by atoms with Gasteiger partial charge in [-0.2, -0.15) is 0 Å². The van der Waals surface area contributed by atoms with E-state index in [1.54, 1.807) is 42.5 Å². The molecule has 0 spiro atoms. The number of amides is 2. The van der Waals surface area contributed by atoms with Gasteiger partial charge in [-0.25, -0.2) is 8.42 Å². The first-order chi connectivity index (χ1) is 18.1. The molecule has 3 rings (SSSR count). The van der Waals surface area contributed by atoms with E-state index in [2.05, 4.69) is 5.32 Å². The van der Waals surface area contributed by atoms with Crippen LogP contribution in [0.1, 0.15) is 32.8 Å². The van der Waals surface area contributed by atoms with Gasteiger partial charge in [-0.15, -0.1) is 0 Å². The molecule has 0 aliphatic rings. The summed E-state index contributed by atoms with van der Waals surface area (Å²) >= 11 is 6.42. The Morgan fingerprint density at radius 2 is 1.47 bits per heavy atom. The van der Waals surface area contributed by atoms with Crippen LogP contribution in [-0.2, 0) is 26.0 Å². The van der Waals surface area contributed by atoms with Crippen LogP contribution in [0.5, 0.6) is 0 Å². The Hall–Kier alpha value is -3.36. The first-order valence-electron chi connectivity index (χ1n) is 12.6. The summed E-state index contributed by atoms with van der Waals surface area (Å²) in [5.41, 5.74) is 1.19. The lowest BCUT2D eigenvalue weighted by molar-refractivity contribution is -0.139. The van der Waals surface area contributed by atoms with Crippen LogP contribution >= 0.6 is 11.6 Å². The molecule has 0 radical (unpaired) electrons. The molecule has 1 atom stereocenters. The number of nitrogens with one attached hydrogen (secondary N) is 1. The molecule has 0 unspecified atom stereocenters. The standard InChI is InChI=1S/C29H34ClN3O4S/c1-4-26(29(35)31-22(2)3)32(20-19-23-13-7-5-8-14-23)28(34)21-33(27-18-12-11-17-25(27)30)38(36,37)24-15-9-6-10-16-24/h5-18,22,26H,4,19-21H2,1-3H3,(H,31,35)/t26-/m1/s1. The Bertz CT molecular complexity index is 1320. The van der Waals surface area contributed by atoms with Crippen molar-refractivity contribution in [3.05, 3.63) is 95.5 Å². The molecule has 3 aromatic carbocycles. The molecule has 0 bridgehead atoms. The minimum Gasteiger partial charge on any atom is -0.352 e. The SMILES string of the molecule is CC[C@H](C(=O)NC(C)C)N(CCc1ccccc1)C(=O)CN(c1ccccc1Cl)S(=O)(=O)c1ccccc1. The van der Waals surface area contributed by atoms with Crippen molar-refractivity contribution < 1.29 is 18.0 Å². The smallest absolute Gasteiger partial charge is 0.264 e. The summed E-state index contributed by atoms with van der Waals surface area (Å²) < 4.78 is 28.5. The number of halogens is 1. The predicted octanol–water partition coefficient (Wildman–Crippen LogP) is 4.91. The fourth-order valence-electron chi connectivity index (χ4n) is 4.16. The van der Waals surface area contributed by atoms with E-state index in [1.807, 2.05) is 51.1 Å². The topological polar surface area (TPSA) is 86.8 Å². The summed E-state index contributed by atoms with van der Waals surface area (Å²) in [5, 5.41) is 3.09. The Balaban J connectivity index is 2.01. The second kappa shape index (κ2) is 13.4. The Labute approximate surface area is 230 Å². The zero-order valence-corrected chi connectivity index (χ0v) is 23.5. The van der Waals surface area contributed by atoms with Gasteiger partial charge in [-0.1, -0.05) is 79.2 Å². The Kier molecular flexibility index (Phi) is 10.3. The van der Waals surface area contributed by atoms with Crippen molar-refractivity contribution in [3.63, 3.8) is 0 Å². The molecular weight excluding hydrogens is 522 g/mol. The molecule has 0 saturated carbocycles. The molecule has 0 aromatic heterocycles. The van der Waals surface area contributed by atoms with E-state index in [4.69, 9.17) is 11.6 Å². The first kappa shape index (κ1) is 29.2. The minimum absolute atomic E-state index is 0.0353. The van der Waals surface area contributed by atoms with Crippen LogP contribution in [0, 0.1) is 0 Å². The highest BCUT2D eigenvalue weighted by atomic mass is 35.5. The van der Waals surface area contributed by atoms with Crippen molar-refractivity contribution in [1.82, 2.24) is 10.2 Å². The number of hydrogen-bond donors (Lipinski definition) is 1. The monoisotopic (exact) mass is 555 g/mol. The maximum Gasteiger partial charge on any atom is 0.264 e. The van der Waals surface area contributed by atoms with Crippen molar-refractivity contribution >= 4 is 39.1 Å². The fourth-order valence-corrected chi connectivity index (χ4v) is 5.91. The van der Waals surface area contributed by atoms with Crippen molar-refractivity contribution in [2.24, 2.45) is 0 Å². The number of anilines is 1. The van der Waals surface area contributed by atoms with Crippen LogP contribution in [0.25, 0.3) is 0 Å². The first-order valence-corrected chi connectivity index (χ1v) is 14.4. The van der Waals surface area contributed by atoms with Crippen LogP contribution in [0.3, 0.4) is 0 Å². The molecular formula is C29H34ClN3O4S. The van der Waals surface area contributed by atoms with E-state index in [1.165, 1.54) is 17.0 Å². The van der Waals surface area contributed by atoms with Gasteiger partial charge >= 0.3 is 0 Å². The third-order valence-electron chi connectivity index (χ3n) is 6.03. The molecule has 0 saturated heterocycles. The van der Waals surface area contributed by atoms with Crippen LogP contribution in [0.2, 0.25) is 5.02 Å². The van der Waals surface area contributed by atoms with Gasteiger partial charge in [0.25, 0.3) is 10.0 Å². The summed E-state index contributed by atoms with van der Waals surface area (Å²) in [6, 6.07) is 23.2. The molecule has 202 valence electrons. The number of nitrogens with zero attached hydrogens (tertiary/aromatic N) is 2. The molecule has 38 heavy (non-hydrogen) atoms. The molecule has 1 N–H and O–H groups in total. The molecule has 0 aliphatic heterocycles. The van der Waals surface area contributed by atoms with Gasteiger partial charge in [0, 0.05) is 12.6 Å². The third kappa shape index (κ3) is 7.36. The maximum atomic E-state index is 13.9. The molecule has 9 heteroatoms. The molecule has 3 aromatic rings. The van der Waals surface area contributed by atoms with Gasteiger partial charge < -0.3 is 10.2 Å². The van der Waals surface area contributed by atoms with E-state index in [0.29, 0.717) is 12.8 Å². The van der Waals surface area contributed by atoms with Gasteiger partial charge in [-0.05, 0) is 56.5 Å². The van der Waals surface area contributed by atoms with Gasteiger partial charge in [0.15, 0.2) is 0 Å². The van der Waals surface area contributed by atoms with Crippen LogP contribution in [-0.4, -0.2) is 50.3 Å². The maximum absolute atomic E-state index is 13.9. The van der Waals surface area contributed by atoms with Crippen molar-refractivity contribution in [2.45, 2.75) is 50.6 Å². The van der Waals surface area contributed by atoms with Gasteiger partial charge in [0.2, 0.25) is 11.8 Å². The second-order valence-corrected chi connectivity index (χ2v) is 11.5. The highest BCUT2D eigenvalue weighted by molar-refractivity contribution is 7.92. The zero-order valence-electron chi connectivity index (χ0n) is 21.9. The van der Waals surface area contributed by atoms with E-state index in [-0.39, 0.29) is 34.1 Å². The number of carbonyl (C=O) groups excluding carboxylic acids is 2. The van der Waals surface area contributed by atoms with Crippen molar-refractivity contribution in [2.75, 3.05) is 17.4 Å². The lowest BCUT2D eigenvalue weighted by atomic mass is 10.1. The zero-order chi connectivity index (χ0) is 27.7. The third-order valence-corrected chi connectivity index (χ3v) is 8.13. The molecule has 0 aliphatic carbocycles. The lowest BCUT2D eigenvalue weighted by Crippen LogP contribution is -2.54. The summed E-state index contributed by atoms with van der Waals surface area (Å²) in [6.45, 7) is 5.27. The summed E-state index contributed by atoms with van der Waals surface area (Å²) in [5.74, 6) is -0.773. The number of sulfonamides is 1. The highest BCUT2D eigenvalue weighted by Crippen LogP contribution is 2.30. The number of rotatable bonds is 12. The summed E-state index contributed by atoms with van der Waals surface area (Å²) in [7, 11) is -4.14. The van der Waals surface area contributed by atoms with E-state index < -0.39 is 28.5 Å². The van der Waals surface area contributed by atoms with Crippen LogP contribution in [0.15, 0.2) is 89.8 Å². The summed E-state index contributed by atoms with van der Waals surface area (Å²) in [6.07, 6.45) is 0.881. The van der Waals surface area contributed by atoms with Crippen LogP contribution < -0.4 is 9.62 Å². The Morgan fingerprint density at radius 3 is 2.05 bits per heavy atom. The average molecular weight is 556 g/mol. The van der Waals surface area contributed by atoms with E-state index in [9.17, 15) is 18.0 Å². The van der Waals surface area contributed by atoms with Gasteiger partial charge in [-0.3, -0.25) is 13.9 Å². The van der Waals surface area contributed by atoms with Gasteiger partial charge in [0.05, 0.1) is 15.6 Å². The number of benzene rings is 3. The minimum atomic E-state index is -4.14. The van der Waals surface area contributed by atoms with Crippen molar-refractivity contribution in [1.29, 1.82) is 0 Å². The lowest BCUT2D eigenvalue weighted by Gasteiger charge is -2.33. The Morgan fingerprint density at radius 1 is 0.895 bits per heavy atom. The largest absolute Gasteiger partial charge is 0.352 e. The normalized spacial score (nSPS) is 12.1. The van der Waals surface area contributed by atoms with E-state index >= 15 is 0 Å². The second-order valence-electron chi connectivity index (χ2n) is 9.19.